The zero-order chi connectivity index (χ0) is 16.9. The molecule has 1 saturated carbocycles. The van der Waals surface area contributed by atoms with E-state index < -0.39 is 5.97 Å². The highest BCUT2D eigenvalue weighted by Gasteiger charge is 2.33. The number of aliphatic carboxylic acids is 1. The molecule has 4 nitrogen and oxygen atoms in total. The minimum atomic E-state index is -0.758. The zero-order valence-corrected chi connectivity index (χ0v) is 15.4. The Bertz CT molecular complexity index is 576. The van der Waals surface area contributed by atoms with Crippen LogP contribution in [0.5, 0.6) is 0 Å². The highest BCUT2D eigenvalue weighted by Crippen LogP contribution is 2.34. The number of rotatable bonds is 5. The van der Waals surface area contributed by atoms with E-state index in [-0.39, 0.29) is 12.5 Å². The average Bonchev–Trinajstić information content (AvgIpc) is 2.62. The molecule has 0 amide bonds. The first-order valence-electron chi connectivity index (χ1n) is 8.59. The van der Waals surface area contributed by atoms with Gasteiger partial charge in [0.15, 0.2) is 0 Å². The van der Waals surface area contributed by atoms with Gasteiger partial charge in [0.1, 0.15) is 4.32 Å². The Balaban J connectivity index is 1.77. The van der Waals surface area contributed by atoms with E-state index in [1.165, 1.54) is 32.1 Å². The number of carbonyl (C=O) groups is 1. The molecular weight excluding hydrogens is 340 g/mol. The van der Waals surface area contributed by atoms with Crippen LogP contribution in [0.4, 0.5) is 0 Å². The predicted molar refractivity (Wildman–Crippen MR) is 102 cm³/mol. The van der Waals surface area contributed by atoms with Gasteiger partial charge in [-0.2, -0.15) is 0 Å². The number of carboxylic acids is 1. The Hall–Kier alpha value is -1.11. The molecule has 1 atom stereocenters. The molecule has 1 saturated heterocycles. The van der Waals surface area contributed by atoms with Crippen molar-refractivity contribution in [2.24, 2.45) is 0 Å². The molecule has 1 unspecified atom stereocenters. The summed E-state index contributed by atoms with van der Waals surface area (Å²) < 4.78 is 0.972. The second kappa shape index (κ2) is 8.32. The van der Waals surface area contributed by atoms with Crippen molar-refractivity contribution in [2.75, 3.05) is 12.5 Å². The average molecular weight is 365 g/mol. The Morgan fingerprint density at radius 1 is 1.25 bits per heavy atom. The van der Waals surface area contributed by atoms with Crippen LogP contribution in [0.1, 0.15) is 50.1 Å². The summed E-state index contributed by atoms with van der Waals surface area (Å²) in [4.78, 5) is 16.0. The van der Waals surface area contributed by atoms with Crippen LogP contribution in [0.25, 0.3) is 0 Å². The molecule has 1 heterocycles. The molecule has 1 N–H and O–H groups in total. The number of thioether (sulfide) groups is 1. The molecule has 2 fully saturated rings. The fourth-order valence-electron chi connectivity index (χ4n) is 3.66. The lowest BCUT2D eigenvalue weighted by atomic mass is 9.94. The fraction of sp³-hybridized carbons (Fsp3) is 0.556. The van der Waals surface area contributed by atoms with E-state index in [2.05, 4.69) is 9.80 Å². The molecule has 1 aromatic carbocycles. The molecule has 0 bridgehead atoms. The predicted octanol–water partition coefficient (Wildman–Crippen LogP) is 4.09. The van der Waals surface area contributed by atoms with Crippen molar-refractivity contribution in [3.05, 3.63) is 35.9 Å². The van der Waals surface area contributed by atoms with Gasteiger partial charge in [0.2, 0.25) is 0 Å². The van der Waals surface area contributed by atoms with Crippen molar-refractivity contribution in [2.45, 2.75) is 50.6 Å². The summed E-state index contributed by atoms with van der Waals surface area (Å²) in [6, 6.07) is 10.4. The van der Waals surface area contributed by atoms with Gasteiger partial charge in [0.25, 0.3) is 0 Å². The third-order valence-corrected chi connectivity index (χ3v) is 6.46. The standard InChI is InChI=1S/C18H24N2O2S2/c21-17(22)11-16(14-7-3-1-4-8-14)19-12-20(18(23)24-13-19)15-9-5-2-6-10-15/h1,3-4,7-8,15-16H,2,5-6,9-13H2,(H,21,22). The molecule has 1 aromatic rings. The third kappa shape index (κ3) is 4.29. The van der Waals surface area contributed by atoms with E-state index in [0.29, 0.717) is 6.04 Å². The van der Waals surface area contributed by atoms with Gasteiger partial charge in [-0.3, -0.25) is 9.69 Å². The van der Waals surface area contributed by atoms with Crippen LogP contribution < -0.4 is 0 Å². The lowest BCUT2D eigenvalue weighted by Crippen LogP contribution is -2.51. The first kappa shape index (κ1) is 17.7. The molecule has 2 aliphatic rings. The van der Waals surface area contributed by atoms with E-state index in [9.17, 15) is 9.90 Å². The Morgan fingerprint density at radius 3 is 2.62 bits per heavy atom. The largest absolute Gasteiger partial charge is 0.481 e. The van der Waals surface area contributed by atoms with E-state index in [4.69, 9.17) is 12.2 Å². The molecule has 0 spiro atoms. The Morgan fingerprint density at radius 2 is 1.96 bits per heavy atom. The van der Waals surface area contributed by atoms with E-state index in [1.54, 1.807) is 11.8 Å². The van der Waals surface area contributed by atoms with Crippen molar-refractivity contribution >= 4 is 34.3 Å². The zero-order valence-electron chi connectivity index (χ0n) is 13.8. The monoisotopic (exact) mass is 364 g/mol. The summed E-state index contributed by atoms with van der Waals surface area (Å²) in [5, 5.41) is 9.37. The first-order chi connectivity index (χ1) is 11.6. The van der Waals surface area contributed by atoms with Crippen molar-refractivity contribution in [1.82, 2.24) is 9.80 Å². The fourth-order valence-corrected chi connectivity index (χ4v) is 4.93. The van der Waals surface area contributed by atoms with Crippen molar-refractivity contribution in [3.8, 4) is 0 Å². The second-order valence-corrected chi connectivity index (χ2v) is 8.13. The summed E-state index contributed by atoms with van der Waals surface area (Å²) >= 11 is 7.27. The van der Waals surface area contributed by atoms with Crippen molar-refractivity contribution < 1.29 is 9.90 Å². The molecule has 6 heteroatoms. The number of nitrogens with zero attached hydrogens (tertiary/aromatic N) is 2. The van der Waals surface area contributed by atoms with Crippen LogP contribution in [-0.4, -0.2) is 43.8 Å². The molecule has 24 heavy (non-hydrogen) atoms. The SMILES string of the molecule is O=C(O)CC(c1ccccc1)N1CSC(=S)N(C2CCCCC2)C1. The topological polar surface area (TPSA) is 43.8 Å². The maximum atomic E-state index is 11.4. The lowest BCUT2D eigenvalue weighted by molar-refractivity contribution is -0.138. The van der Waals surface area contributed by atoms with Crippen LogP contribution in [0.3, 0.4) is 0 Å². The van der Waals surface area contributed by atoms with E-state index in [1.807, 2.05) is 30.3 Å². The highest BCUT2D eigenvalue weighted by atomic mass is 32.2. The molecule has 3 rings (SSSR count). The quantitative estimate of drug-likeness (QED) is 0.794. The normalized spacial score (nSPS) is 21.7. The lowest BCUT2D eigenvalue weighted by Gasteiger charge is -2.45. The van der Waals surface area contributed by atoms with Gasteiger partial charge in [0.05, 0.1) is 19.0 Å². The number of carboxylic acid groups (broad SMARTS) is 1. The molecule has 0 aromatic heterocycles. The van der Waals surface area contributed by atoms with Crippen LogP contribution >= 0.6 is 24.0 Å². The van der Waals surface area contributed by atoms with Crippen LogP contribution in [0.15, 0.2) is 30.3 Å². The summed E-state index contributed by atoms with van der Waals surface area (Å²) in [5.74, 6) is 0.000694. The summed E-state index contributed by atoms with van der Waals surface area (Å²) in [6.07, 6.45) is 6.37. The number of benzene rings is 1. The summed E-state index contributed by atoms with van der Waals surface area (Å²) in [5.41, 5.74) is 1.07. The van der Waals surface area contributed by atoms with Gasteiger partial charge in [-0.15, -0.1) is 0 Å². The third-order valence-electron chi connectivity index (χ3n) is 4.93. The Kier molecular flexibility index (Phi) is 6.14. The van der Waals surface area contributed by atoms with Gasteiger partial charge in [-0.1, -0.05) is 73.6 Å². The van der Waals surface area contributed by atoms with Crippen LogP contribution in [0, 0.1) is 0 Å². The number of hydrogen-bond acceptors (Lipinski definition) is 4. The molecule has 1 aliphatic carbocycles. The highest BCUT2D eigenvalue weighted by molar-refractivity contribution is 8.22. The van der Waals surface area contributed by atoms with Crippen molar-refractivity contribution in [3.63, 3.8) is 0 Å². The number of thiocarbonyl (C=S) groups is 1. The summed E-state index contributed by atoms with van der Waals surface area (Å²) in [6.45, 7) is 0.739. The molecule has 1 aliphatic heterocycles. The minimum absolute atomic E-state index is 0.106. The smallest absolute Gasteiger partial charge is 0.305 e. The van der Waals surface area contributed by atoms with Gasteiger partial charge in [-0.05, 0) is 18.4 Å². The van der Waals surface area contributed by atoms with Crippen LogP contribution in [0.2, 0.25) is 0 Å². The molecule has 130 valence electrons. The Labute approximate surface area is 153 Å². The molecule has 0 radical (unpaired) electrons. The van der Waals surface area contributed by atoms with E-state index >= 15 is 0 Å². The second-order valence-electron chi connectivity index (χ2n) is 6.56. The van der Waals surface area contributed by atoms with Gasteiger partial charge >= 0.3 is 5.97 Å². The summed E-state index contributed by atoms with van der Waals surface area (Å²) in [7, 11) is 0. The first-order valence-corrected chi connectivity index (χ1v) is 9.98. The maximum absolute atomic E-state index is 11.4. The van der Waals surface area contributed by atoms with Crippen LogP contribution in [-0.2, 0) is 4.79 Å². The minimum Gasteiger partial charge on any atom is -0.481 e. The van der Waals surface area contributed by atoms with Crippen molar-refractivity contribution in [1.29, 1.82) is 0 Å². The van der Waals surface area contributed by atoms with Gasteiger partial charge in [0, 0.05) is 12.1 Å². The molecular formula is C18H24N2O2S2. The van der Waals surface area contributed by atoms with E-state index in [0.717, 1.165) is 22.4 Å². The van der Waals surface area contributed by atoms with Gasteiger partial charge < -0.3 is 10.0 Å². The number of hydrogen-bond donors (Lipinski definition) is 1. The van der Waals surface area contributed by atoms with Gasteiger partial charge in [-0.25, -0.2) is 0 Å². The maximum Gasteiger partial charge on any atom is 0.305 e.